The minimum absolute atomic E-state index is 0.289. The number of hydrogen-bond acceptors (Lipinski definition) is 3. The standard InChI is InChI=1S/C17H15BrN2O2S/c1-4-7-20-14-6-5-12(18)9-15(14)23-17(20)19-16(21)13-8-10(2)22-11(13)3/h4-6,8-9H,1,7H2,2-3H3. The van der Waals surface area contributed by atoms with E-state index in [1.165, 1.54) is 11.3 Å². The second-order valence-electron chi connectivity index (χ2n) is 5.14. The number of amides is 1. The van der Waals surface area contributed by atoms with Crippen molar-refractivity contribution in [1.29, 1.82) is 0 Å². The third kappa shape index (κ3) is 3.09. The summed E-state index contributed by atoms with van der Waals surface area (Å²) in [7, 11) is 0. The molecule has 23 heavy (non-hydrogen) atoms. The molecule has 3 aromatic rings. The minimum Gasteiger partial charge on any atom is -0.466 e. The Hall–Kier alpha value is -1.92. The number of thiazole rings is 1. The van der Waals surface area contributed by atoms with Crippen LogP contribution in [0.15, 0.2) is 50.8 Å². The average molecular weight is 391 g/mol. The number of carbonyl (C=O) groups is 1. The Morgan fingerprint density at radius 2 is 2.22 bits per heavy atom. The number of allylic oxidation sites excluding steroid dienone is 1. The van der Waals surface area contributed by atoms with E-state index in [1.54, 1.807) is 19.1 Å². The number of halogens is 1. The van der Waals surface area contributed by atoms with Gasteiger partial charge in [0.2, 0.25) is 0 Å². The van der Waals surface area contributed by atoms with E-state index in [0.29, 0.717) is 28.4 Å². The molecule has 0 spiro atoms. The highest BCUT2D eigenvalue weighted by Crippen LogP contribution is 2.22. The van der Waals surface area contributed by atoms with Crippen molar-refractivity contribution in [2.24, 2.45) is 4.99 Å². The van der Waals surface area contributed by atoms with Gasteiger partial charge in [0.05, 0.1) is 15.8 Å². The lowest BCUT2D eigenvalue weighted by Gasteiger charge is -2.00. The first-order chi connectivity index (χ1) is 11.0. The Kier molecular flexibility index (Phi) is 4.37. The molecule has 1 amide bonds. The summed E-state index contributed by atoms with van der Waals surface area (Å²) in [6, 6.07) is 7.74. The maximum absolute atomic E-state index is 12.5. The molecule has 0 saturated heterocycles. The van der Waals surface area contributed by atoms with Crippen LogP contribution in [0.5, 0.6) is 0 Å². The highest BCUT2D eigenvalue weighted by atomic mass is 79.9. The maximum atomic E-state index is 12.5. The molecular weight excluding hydrogens is 376 g/mol. The molecule has 0 saturated carbocycles. The Morgan fingerprint density at radius 1 is 1.43 bits per heavy atom. The van der Waals surface area contributed by atoms with Crippen molar-refractivity contribution >= 4 is 43.4 Å². The number of rotatable bonds is 3. The summed E-state index contributed by atoms with van der Waals surface area (Å²) in [6.45, 7) is 7.97. The lowest BCUT2D eigenvalue weighted by molar-refractivity contribution is 0.0996. The molecule has 2 aromatic heterocycles. The fourth-order valence-corrected chi connectivity index (χ4v) is 4.02. The number of fused-ring (bicyclic) bond motifs is 1. The van der Waals surface area contributed by atoms with Crippen molar-refractivity contribution in [3.8, 4) is 0 Å². The Morgan fingerprint density at radius 3 is 2.87 bits per heavy atom. The molecule has 0 aliphatic heterocycles. The lowest BCUT2D eigenvalue weighted by atomic mass is 10.2. The van der Waals surface area contributed by atoms with Gasteiger partial charge in [0.25, 0.3) is 5.91 Å². The van der Waals surface area contributed by atoms with E-state index < -0.39 is 0 Å². The summed E-state index contributed by atoms with van der Waals surface area (Å²) in [5.41, 5.74) is 1.54. The summed E-state index contributed by atoms with van der Waals surface area (Å²) >= 11 is 4.95. The first kappa shape index (κ1) is 16.0. The molecule has 2 heterocycles. The lowest BCUT2D eigenvalue weighted by Crippen LogP contribution is -2.16. The summed E-state index contributed by atoms with van der Waals surface area (Å²) in [6.07, 6.45) is 1.80. The van der Waals surface area contributed by atoms with Crippen LogP contribution in [0.25, 0.3) is 10.2 Å². The van der Waals surface area contributed by atoms with Gasteiger partial charge in [0.15, 0.2) is 4.80 Å². The van der Waals surface area contributed by atoms with Gasteiger partial charge in [-0.15, -0.1) is 6.58 Å². The van der Waals surface area contributed by atoms with Crippen molar-refractivity contribution in [2.75, 3.05) is 0 Å². The molecular formula is C17H15BrN2O2S. The normalized spacial score (nSPS) is 12.0. The monoisotopic (exact) mass is 390 g/mol. The molecule has 0 unspecified atom stereocenters. The number of carbonyl (C=O) groups excluding carboxylic acids is 1. The smallest absolute Gasteiger partial charge is 0.283 e. The van der Waals surface area contributed by atoms with Gasteiger partial charge in [-0.2, -0.15) is 4.99 Å². The van der Waals surface area contributed by atoms with E-state index in [-0.39, 0.29) is 5.91 Å². The maximum Gasteiger partial charge on any atom is 0.283 e. The van der Waals surface area contributed by atoms with Crippen LogP contribution >= 0.6 is 27.3 Å². The van der Waals surface area contributed by atoms with E-state index in [1.807, 2.05) is 29.7 Å². The van der Waals surface area contributed by atoms with Crippen LogP contribution in [0.1, 0.15) is 21.9 Å². The zero-order valence-corrected chi connectivity index (χ0v) is 15.2. The van der Waals surface area contributed by atoms with Gasteiger partial charge in [-0.05, 0) is 38.1 Å². The van der Waals surface area contributed by atoms with Crippen LogP contribution in [0.3, 0.4) is 0 Å². The highest BCUT2D eigenvalue weighted by molar-refractivity contribution is 9.10. The quantitative estimate of drug-likeness (QED) is 0.613. The van der Waals surface area contributed by atoms with Crippen molar-refractivity contribution < 1.29 is 9.21 Å². The largest absolute Gasteiger partial charge is 0.466 e. The zero-order valence-electron chi connectivity index (χ0n) is 12.8. The van der Waals surface area contributed by atoms with Crippen molar-refractivity contribution in [2.45, 2.75) is 20.4 Å². The van der Waals surface area contributed by atoms with Crippen LogP contribution in [0.2, 0.25) is 0 Å². The summed E-state index contributed by atoms with van der Waals surface area (Å²) in [4.78, 5) is 17.4. The fraction of sp³-hybridized carbons (Fsp3) is 0.176. The van der Waals surface area contributed by atoms with Gasteiger partial charge >= 0.3 is 0 Å². The second-order valence-corrected chi connectivity index (χ2v) is 7.06. The van der Waals surface area contributed by atoms with Gasteiger partial charge in [-0.25, -0.2) is 0 Å². The van der Waals surface area contributed by atoms with Crippen LogP contribution < -0.4 is 4.80 Å². The fourth-order valence-electron chi connectivity index (χ4n) is 2.43. The molecule has 0 N–H and O–H groups in total. The number of nitrogens with zero attached hydrogens (tertiary/aromatic N) is 2. The van der Waals surface area contributed by atoms with Crippen LogP contribution in [0, 0.1) is 13.8 Å². The summed E-state index contributed by atoms with van der Waals surface area (Å²) in [5.74, 6) is 1.01. The average Bonchev–Trinajstić information content (AvgIpc) is 2.99. The Labute approximate surface area is 145 Å². The molecule has 0 bridgehead atoms. The van der Waals surface area contributed by atoms with E-state index in [0.717, 1.165) is 14.7 Å². The topological polar surface area (TPSA) is 47.5 Å². The molecule has 6 heteroatoms. The highest BCUT2D eigenvalue weighted by Gasteiger charge is 2.14. The third-order valence-corrected chi connectivity index (χ3v) is 4.96. The van der Waals surface area contributed by atoms with Crippen molar-refractivity contribution in [3.63, 3.8) is 0 Å². The second kappa shape index (κ2) is 6.29. The number of aromatic nitrogens is 1. The summed E-state index contributed by atoms with van der Waals surface area (Å²) in [5, 5.41) is 0. The van der Waals surface area contributed by atoms with Crippen molar-refractivity contribution in [3.05, 3.63) is 63.3 Å². The predicted octanol–water partition coefficient (Wildman–Crippen LogP) is 4.60. The first-order valence-corrected chi connectivity index (χ1v) is 8.66. The minimum atomic E-state index is -0.289. The number of hydrogen-bond donors (Lipinski definition) is 0. The predicted molar refractivity (Wildman–Crippen MR) is 95.8 cm³/mol. The molecule has 0 fully saturated rings. The van der Waals surface area contributed by atoms with Gasteiger partial charge in [0.1, 0.15) is 11.5 Å². The number of benzene rings is 1. The van der Waals surface area contributed by atoms with Gasteiger partial charge < -0.3 is 8.98 Å². The van der Waals surface area contributed by atoms with E-state index in [4.69, 9.17) is 4.42 Å². The molecule has 1 aromatic carbocycles. The Balaban J connectivity index is 2.17. The molecule has 0 aliphatic rings. The molecule has 3 rings (SSSR count). The molecule has 118 valence electrons. The van der Waals surface area contributed by atoms with Crippen molar-refractivity contribution in [1.82, 2.24) is 4.57 Å². The molecule has 0 aliphatic carbocycles. The first-order valence-electron chi connectivity index (χ1n) is 7.05. The van der Waals surface area contributed by atoms with Crippen LogP contribution in [-0.4, -0.2) is 10.5 Å². The van der Waals surface area contributed by atoms with Crippen LogP contribution in [-0.2, 0) is 6.54 Å². The molecule has 4 nitrogen and oxygen atoms in total. The number of aryl methyl sites for hydroxylation is 2. The SMILES string of the molecule is C=CCn1c(=NC(=O)c2cc(C)oc2C)sc2cc(Br)ccc21. The summed E-state index contributed by atoms with van der Waals surface area (Å²) < 4.78 is 9.46. The van der Waals surface area contributed by atoms with E-state index in [2.05, 4.69) is 27.5 Å². The van der Waals surface area contributed by atoms with Crippen LogP contribution in [0.4, 0.5) is 0 Å². The van der Waals surface area contributed by atoms with E-state index in [9.17, 15) is 4.79 Å². The molecule has 0 atom stereocenters. The Bertz CT molecular complexity index is 978. The third-order valence-electron chi connectivity index (χ3n) is 3.43. The number of furan rings is 1. The van der Waals surface area contributed by atoms with Gasteiger partial charge in [-0.3, -0.25) is 4.79 Å². The van der Waals surface area contributed by atoms with E-state index >= 15 is 0 Å². The zero-order chi connectivity index (χ0) is 16.6. The van der Waals surface area contributed by atoms with Gasteiger partial charge in [0, 0.05) is 11.0 Å². The van der Waals surface area contributed by atoms with Gasteiger partial charge in [-0.1, -0.05) is 33.3 Å². The molecule has 0 radical (unpaired) electrons.